The molecule has 2 unspecified atom stereocenters. The maximum absolute atomic E-state index is 13.2. The number of amides is 3. The maximum Gasteiger partial charge on any atom is 0.320 e. The van der Waals surface area contributed by atoms with Crippen molar-refractivity contribution in [1.29, 1.82) is 0 Å². The molecule has 0 radical (unpaired) electrons. The first-order valence-electron chi connectivity index (χ1n) is 11.7. The number of urea groups is 1. The summed E-state index contributed by atoms with van der Waals surface area (Å²) in [5, 5.41) is 6.85. The van der Waals surface area contributed by atoms with Crippen LogP contribution in [-0.2, 0) is 20.8 Å². The van der Waals surface area contributed by atoms with E-state index >= 15 is 0 Å². The Hall–Kier alpha value is -1.94. The summed E-state index contributed by atoms with van der Waals surface area (Å²) in [6.07, 6.45) is 3.22. The second-order valence-electron chi connectivity index (χ2n) is 9.54. The van der Waals surface area contributed by atoms with Crippen molar-refractivity contribution in [2.24, 2.45) is 0 Å². The lowest BCUT2D eigenvalue weighted by Crippen LogP contribution is -2.63. The molecule has 5 rings (SSSR count). The van der Waals surface area contributed by atoms with Gasteiger partial charge in [0, 0.05) is 43.8 Å². The van der Waals surface area contributed by atoms with Crippen LogP contribution in [-0.4, -0.2) is 84.9 Å². The Bertz CT molecular complexity index is 910. The van der Waals surface area contributed by atoms with Gasteiger partial charge in [-0.1, -0.05) is 17.7 Å². The maximum atomic E-state index is 13.2. The highest BCUT2D eigenvalue weighted by atomic mass is 35.5. The zero-order valence-corrected chi connectivity index (χ0v) is 19.3. The van der Waals surface area contributed by atoms with Crippen LogP contribution in [0.5, 0.6) is 0 Å². The molecular formula is C23H30ClFN4O4. The molecule has 4 aliphatic rings. The first-order chi connectivity index (χ1) is 15.9. The average molecular weight is 481 g/mol. The van der Waals surface area contributed by atoms with Crippen molar-refractivity contribution in [2.45, 2.75) is 56.0 Å². The number of fused-ring (bicyclic) bond motifs is 1. The summed E-state index contributed by atoms with van der Waals surface area (Å²) in [7, 11) is 0. The SMILES string of the molecule is O=C1COC2CCN(C(=O)N3CCC4(CC3)CC(NCc3ccc(F)cc3Cl)CO4)C[C@H]2N1. The molecule has 33 heavy (non-hydrogen) atoms. The van der Waals surface area contributed by atoms with E-state index in [4.69, 9.17) is 21.1 Å². The molecular weight excluding hydrogens is 451 g/mol. The third-order valence-corrected chi connectivity index (χ3v) is 7.70. The normalized spacial score (nSPS) is 29.2. The molecule has 3 amide bonds. The van der Waals surface area contributed by atoms with Gasteiger partial charge in [-0.25, -0.2) is 9.18 Å². The first-order valence-corrected chi connectivity index (χ1v) is 12.0. The van der Waals surface area contributed by atoms with Crippen LogP contribution in [0.1, 0.15) is 31.2 Å². The Kier molecular flexibility index (Phi) is 6.48. The molecule has 1 aromatic rings. The van der Waals surface area contributed by atoms with Crippen LogP contribution in [0, 0.1) is 5.82 Å². The van der Waals surface area contributed by atoms with Crippen molar-refractivity contribution in [2.75, 3.05) is 39.4 Å². The van der Waals surface area contributed by atoms with Crippen molar-refractivity contribution in [3.05, 3.63) is 34.6 Å². The van der Waals surface area contributed by atoms with Gasteiger partial charge >= 0.3 is 6.03 Å². The summed E-state index contributed by atoms with van der Waals surface area (Å²) < 4.78 is 25.1. The summed E-state index contributed by atoms with van der Waals surface area (Å²) in [4.78, 5) is 28.5. The fraction of sp³-hybridized carbons (Fsp3) is 0.652. The minimum atomic E-state index is -0.339. The van der Waals surface area contributed by atoms with E-state index in [0.29, 0.717) is 44.4 Å². The molecule has 0 aromatic heterocycles. The van der Waals surface area contributed by atoms with E-state index in [2.05, 4.69) is 10.6 Å². The highest BCUT2D eigenvalue weighted by molar-refractivity contribution is 6.31. The Morgan fingerprint density at radius 2 is 2.09 bits per heavy atom. The second kappa shape index (κ2) is 9.37. The summed E-state index contributed by atoms with van der Waals surface area (Å²) >= 11 is 6.13. The number of hydrogen-bond donors (Lipinski definition) is 2. The molecule has 3 atom stereocenters. The van der Waals surface area contributed by atoms with Gasteiger partial charge in [-0.2, -0.15) is 0 Å². The van der Waals surface area contributed by atoms with E-state index in [1.165, 1.54) is 12.1 Å². The zero-order valence-electron chi connectivity index (χ0n) is 18.5. The molecule has 180 valence electrons. The molecule has 0 saturated carbocycles. The number of carbonyl (C=O) groups is 2. The molecule has 4 heterocycles. The quantitative estimate of drug-likeness (QED) is 0.690. The molecule has 0 bridgehead atoms. The van der Waals surface area contributed by atoms with Crippen molar-refractivity contribution < 1.29 is 23.5 Å². The van der Waals surface area contributed by atoms with Gasteiger partial charge in [-0.15, -0.1) is 0 Å². The van der Waals surface area contributed by atoms with Crippen molar-refractivity contribution >= 4 is 23.5 Å². The second-order valence-corrected chi connectivity index (χ2v) is 9.95. The number of hydrogen-bond acceptors (Lipinski definition) is 5. The molecule has 8 nitrogen and oxygen atoms in total. The molecule has 1 aromatic carbocycles. The van der Waals surface area contributed by atoms with Crippen LogP contribution in [0.15, 0.2) is 18.2 Å². The number of carbonyl (C=O) groups excluding carboxylic acids is 2. The molecule has 0 aliphatic carbocycles. The van der Waals surface area contributed by atoms with Gasteiger partial charge in [0.1, 0.15) is 12.4 Å². The minimum absolute atomic E-state index is 0.00233. The van der Waals surface area contributed by atoms with Crippen LogP contribution < -0.4 is 10.6 Å². The van der Waals surface area contributed by atoms with Crippen molar-refractivity contribution in [3.8, 4) is 0 Å². The Balaban J connectivity index is 1.10. The minimum Gasteiger partial charge on any atom is -0.373 e. The van der Waals surface area contributed by atoms with Gasteiger partial charge in [-0.3, -0.25) is 4.79 Å². The Labute approximate surface area is 197 Å². The van der Waals surface area contributed by atoms with Gasteiger partial charge in [-0.05, 0) is 43.4 Å². The third kappa shape index (κ3) is 4.96. The number of likely N-dealkylation sites (tertiary alicyclic amines) is 2. The number of piperidine rings is 2. The number of benzene rings is 1. The van der Waals surface area contributed by atoms with E-state index in [0.717, 1.165) is 31.2 Å². The molecule has 4 saturated heterocycles. The van der Waals surface area contributed by atoms with Crippen molar-refractivity contribution in [1.82, 2.24) is 20.4 Å². The van der Waals surface area contributed by atoms with Gasteiger partial charge in [0.05, 0.1) is 24.4 Å². The molecule has 2 N–H and O–H groups in total. The number of nitrogens with one attached hydrogen (secondary N) is 2. The largest absolute Gasteiger partial charge is 0.373 e. The number of morpholine rings is 1. The lowest BCUT2D eigenvalue weighted by molar-refractivity contribution is -0.139. The monoisotopic (exact) mass is 480 g/mol. The van der Waals surface area contributed by atoms with Crippen LogP contribution in [0.3, 0.4) is 0 Å². The number of halogens is 2. The van der Waals surface area contributed by atoms with E-state index < -0.39 is 0 Å². The molecule has 4 fully saturated rings. The third-order valence-electron chi connectivity index (χ3n) is 7.35. The highest BCUT2D eigenvalue weighted by Crippen LogP contribution is 2.36. The zero-order chi connectivity index (χ0) is 23.0. The van der Waals surface area contributed by atoms with E-state index in [1.807, 2.05) is 9.80 Å². The Morgan fingerprint density at radius 3 is 2.88 bits per heavy atom. The van der Waals surface area contributed by atoms with Gasteiger partial charge in [0.2, 0.25) is 5.91 Å². The fourth-order valence-electron chi connectivity index (χ4n) is 5.42. The van der Waals surface area contributed by atoms with Crippen molar-refractivity contribution in [3.63, 3.8) is 0 Å². The molecule has 10 heteroatoms. The lowest BCUT2D eigenvalue weighted by Gasteiger charge is -2.44. The summed E-state index contributed by atoms with van der Waals surface area (Å²) in [5.41, 5.74) is 0.655. The van der Waals surface area contributed by atoms with E-state index in [9.17, 15) is 14.0 Å². The Morgan fingerprint density at radius 1 is 1.27 bits per heavy atom. The fourth-order valence-corrected chi connectivity index (χ4v) is 5.66. The summed E-state index contributed by atoms with van der Waals surface area (Å²) in [5.74, 6) is -0.455. The average Bonchev–Trinajstić information content (AvgIpc) is 3.20. The number of rotatable bonds is 3. The standard InChI is InChI=1S/C23H30ClFN4O4/c24-18-9-16(25)2-1-15(18)11-26-17-10-23(33-13-17)4-7-28(8-5-23)22(31)29-6-3-20-19(12-29)27-21(30)14-32-20/h1-2,9,17,19-20,26H,3-8,10-14H2,(H,27,30)/t17?,19-,20?/m1/s1. The number of ether oxygens (including phenoxy) is 2. The lowest BCUT2D eigenvalue weighted by atomic mass is 9.87. The predicted molar refractivity (Wildman–Crippen MR) is 119 cm³/mol. The molecule has 1 spiro atoms. The smallest absolute Gasteiger partial charge is 0.320 e. The topological polar surface area (TPSA) is 83.1 Å². The molecule has 4 aliphatic heterocycles. The van der Waals surface area contributed by atoms with Crippen LogP contribution in [0.25, 0.3) is 0 Å². The van der Waals surface area contributed by atoms with Gasteiger partial charge in [0.25, 0.3) is 0 Å². The first kappa shape index (κ1) is 22.8. The van der Waals surface area contributed by atoms with E-state index in [-0.39, 0.29) is 48.2 Å². The predicted octanol–water partition coefficient (Wildman–Crippen LogP) is 1.90. The number of nitrogens with zero attached hydrogens (tertiary/aromatic N) is 2. The summed E-state index contributed by atoms with van der Waals surface area (Å²) in [6, 6.07) is 4.55. The highest BCUT2D eigenvalue weighted by Gasteiger charge is 2.44. The van der Waals surface area contributed by atoms with Gasteiger partial charge < -0.3 is 29.9 Å². The van der Waals surface area contributed by atoms with Gasteiger partial charge in [0.15, 0.2) is 0 Å². The van der Waals surface area contributed by atoms with Crippen LogP contribution in [0.2, 0.25) is 5.02 Å². The van der Waals surface area contributed by atoms with Crippen LogP contribution in [0.4, 0.5) is 9.18 Å². The summed E-state index contributed by atoms with van der Waals surface area (Å²) in [6.45, 7) is 3.73. The van der Waals surface area contributed by atoms with Crippen LogP contribution >= 0.6 is 11.6 Å². The van der Waals surface area contributed by atoms with E-state index in [1.54, 1.807) is 6.07 Å².